The van der Waals surface area contributed by atoms with E-state index >= 15 is 0 Å². The fourth-order valence-corrected chi connectivity index (χ4v) is 5.30. The van der Waals surface area contributed by atoms with Gasteiger partial charge in [-0.15, -0.1) is 0 Å². The Hall–Kier alpha value is -2.71. The summed E-state index contributed by atoms with van der Waals surface area (Å²) in [6.45, 7) is 4.30. The molecule has 1 aliphatic heterocycles. The van der Waals surface area contributed by atoms with Crippen molar-refractivity contribution in [2.75, 3.05) is 18.4 Å². The second kappa shape index (κ2) is 8.75. The Kier molecular flexibility index (Phi) is 6.34. The fraction of sp³-hybridized carbons (Fsp3) is 0.333. The van der Waals surface area contributed by atoms with Crippen LogP contribution in [0.3, 0.4) is 0 Å². The van der Waals surface area contributed by atoms with Crippen LogP contribution in [0.15, 0.2) is 53.4 Å². The lowest BCUT2D eigenvalue weighted by atomic mass is 10.1. The lowest BCUT2D eigenvalue weighted by Crippen LogP contribution is -2.45. The molecule has 0 radical (unpaired) electrons. The van der Waals surface area contributed by atoms with E-state index in [4.69, 9.17) is 0 Å². The Labute approximate surface area is 171 Å². The third-order valence-electron chi connectivity index (χ3n) is 4.86. The summed E-state index contributed by atoms with van der Waals surface area (Å²) < 4.78 is 27.1. The smallest absolute Gasteiger partial charge is 0.313 e. The van der Waals surface area contributed by atoms with Crippen molar-refractivity contribution in [2.24, 2.45) is 0 Å². The third kappa shape index (κ3) is 5.02. The molecule has 1 atom stereocenters. The van der Waals surface area contributed by atoms with Crippen LogP contribution in [0, 0.1) is 13.8 Å². The minimum atomic E-state index is -3.63. The molecule has 8 heteroatoms. The zero-order valence-corrected chi connectivity index (χ0v) is 17.3. The minimum Gasteiger partial charge on any atom is -0.346 e. The van der Waals surface area contributed by atoms with Crippen LogP contribution >= 0.6 is 0 Å². The van der Waals surface area contributed by atoms with E-state index in [1.807, 2.05) is 19.9 Å². The molecule has 0 spiro atoms. The zero-order chi connectivity index (χ0) is 21.0. The third-order valence-corrected chi connectivity index (χ3v) is 6.82. The standard InChI is InChI=1S/C21H25N3O4S/c1-15-11-16(2)13-17(12-15)23-21(26)20(25)22-14-18-7-6-10-24(18)29(27,28)19-8-4-3-5-9-19/h3-5,8-9,11-13,18H,6-7,10,14H2,1-2H3,(H,22,25)(H,23,26). The van der Waals surface area contributed by atoms with Gasteiger partial charge in [-0.3, -0.25) is 9.59 Å². The molecule has 29 heavy (non-hydrogen) atoms. The number of amides is 2. The molecule has 1 unspecified atom stereocenters. The van der Waals surface area contributed by atoms with Gasteiger partial charge in [-0.1, -0.05) is 24.3 Å². The summed E-state index contributed by atoms with van der Waals surface area (Å²) in [5.74, 6) is -1.56. The van der Waals surface area contributed by atoms with Crippen LogP contribution in [0.2, 0.25) is 0 Å². The molecular formula is C21H25N3O4S. The van der Waals surface area contributed by atoms with Crippen LogP contribution in [0.4, 0.5) is 5.69 Å². The number of rotatable bonds is 5. The second-order valence-electron chi connectivity index (χ2n) is 7.27. The first-order valence-electron chi connectivity index (χ1n) is 9.52. The predicted molar refractivity (Wildman–Crippen MR) is 111 cm³/mol. The van der Waals surface area contributed by atoms with E-state index in [1.54, 1.807) is 42.5 Å². The Morgan fingerprint density at radius 2 is 1.69 bits per heavy atom. The first-order valence-corrected chi connectivity index (χ1v) is 11.0. The summed E-state index contributed by atoms with van der Waals surface area (Å²) >= 11 is 0. The zero-order valence-electron chi connectivity index (χ0n) is 16.5. The van der Waals surface area contributed by atoms with Gasteiger partial charge in [-0.05, 0) is 62.1 Å². The summed E-state index contributed by atoms with van der Waals surface area (Å²) in [6.07, 6.45) is 1.34. The van der Waals surface area contributed by atoms with Gasteiger partial charge in [-0.25, -0.2) is 8.42 Å². The molecule has 1 heterocycles. The molecule has 3 rings (SSSR count). The summed E-state index contributed by atoms with van der Waals surface area (Å²) in [7, 11) is -3.63. The maximum Gasteiger partial charge on any atom is 0.313 e. The average molecular weight is 416 g/mol. The van der Waals surface area contributed by atoms with Crippen molar-refractivity contribution in [1.29, 1.82) is 0 Å². The van der Waals surface area contributed by atoms with Crippen molar-refractivity contribution in [2.45, 2.75) is 37.6 Å². The number of carbonyl (C=O) groups excluding carboxylic acids is 2. The van der Waals surface area contributed by atoms with Crippen molar-refractivity contribution in [3.8, 4) is 0 Å². The first-order chi connectivity index (χ1) is 13.8. The quantitative estimate of drug-likeness (QED) is 0.732. The molecule has 7 nitrogen and oxygen atoms in total. The van der Waals surface area contributed by atoms with E-state index < -0.39 is 21.8 Å². The molecule has 0 aromatic heterocycles. The van der Waals surface area contributed by atoms with E-state index in [-0.39, 0.29) is 17.5 Å². The number of anilines is 1. The number of sulfonamides is 1. The minimum absolute atomic E-state index is 0.0885. The summed E-state index contributed by atoms with van der Waals surface area (Å²) in [5.41, 5.74) is 2.51. The summed E-state index contributed by atoms with van der Waals surface area (Å²) in [6, 6.07) is 13.4. The van der Waals surface area contributed by atoms with Crippen LogP contribution in [-0.2, 0) is 19.6 Å². The number of nitrogens with one attached hydrogen (secondary N) is 2. The Morgan fingerprint density at radius 3 is 2.34 bits per heavy atom. The van der Waals surface area contributed by atoms with E-state index in [1.165, 1.54) is 4.31 Å². The second-order valence-corrected chi connectivity index (χ2v) is 9.16. The van der Waals surface area contributed by atoms with Crippen LogP contribution in [0.1, 0.15) is 24.0 Å². The Morgan fingerprint density at radius 1 is 1.03 bits per heavy atom. The van der Waals surface area contributed by atoms with Gasteiger partial charge >= 0.3 is 11.8 Å². The van der Waals surface area contributed by atoms with Gasteiger partial charge in [0.05, 0.1) is 4.90 Å². The molecule has 2 N–H and O–H groups in total. The maximum absolute atomic E-state index is 12.9. The number of carbonyl (C=O) groups is 2. The van der Waals surface area contributed by atoms with E-state index in [0.717, 1.165) is 11.1 Å². The van der Waals surface area contributed by atoms with Gasteiger partial charge in [0.1, 0.15) is 0 Å². The molecule has 0 saturated carbocycles. The Balaban J connectivity index is 1.61. The number of hydrogen-bond acceptors (Lipinski definition) is 4. The summed E-state index contributed by atoms with van der Waals surface area (Å²) in [5, 5.41) is 5.15. The normalized spacial score (nSPS) is 17.1. The number of hydrogen-bond donors (Lipinski definition) is 2. The molecule has 1 fully saturated rings. The molecule has 2 aromatic carbocycles. The molecular weight excluding hydrogens is 390 g/mol. The van der Waals surface area contributed by atoms with Crippen LogP contribution in [-0.4, -0.2) is 43.7 Å². The van der Waals surface area contributed by atoms with E-state index in [2.05, 4.69) is 10.6 Å². The summed E-state index contributed by atoms with van der Waals surface area (Å²) in [4.78, 5) is 24.6. The van der Waals surface area contributed by atoms with E-state index in [0.29, 0.717) is 25.1 Å². The van der Waals surface area contributed by atoms with Gasteiger partial charge < -0.3 is 10.6 Å². The predicted octanol–water partition coefficient (Wildman–Crippen LogP) is 2.21. The van der Waals surface area contributed by atoms with E-state index in [9.17, 15) is 18.0 Å². The topological polar surface area (TPSA) is 95.6 Å². The van der Waals surface area contributed by atoms with Gasteiger partial charge in [0.2, 0.25) is 10.0 Å². The number of aryl methyl sites for hydroxylation is 2. The van der Waals surface area contributed by atoms with Crippen molar-refractivity contribution >= 4 is 27.5 Å². The Bertz CT molecular complexity index is 986. The molecule has 1 aliphatic rings. The molecule has 154 valence electrons. The molecule has 1 saturated heterocycles. The van der Waals surface area contributed by atoms with Crippen molar-refractivity contribution in [3.63, 3.8) is 0 Å². The maximum atomic E-state index is 12.9. The molecule has 0 aliphatic carbocycles. The SMILES string of the molecule is Cc1cc(C)cc(NC(=O)C(=O)NCC2CCCN2S(=O)(=O)c2ccccc2)c1. The lowest BCUT2D eigenvalue weighted by Gasteiger charge is -2.24. The largest absolute Gasteiger partial charge is 0.346 e. The van der Waals surface area contributed by atoms with Crippen molar-refractivity contribution in [3.05, 3.63) is 59.7 Å². The fourth-order valence-electron chi connectivity index (χ4n) is 3.58. The highest BCUT2D eigenvalue weighted by molar-refractivity contribution is 7.89. The van der Waals surface area contributed by atoms with Crippen LogP contribution in [0.5, 0.6) is 0 Å². The lowest BCUT2D eigenvalue weighted by molar-refractivity contribution is -0.136. The van der Waals surface area contributed by atoms with Gasteiger partial charge in [0.25, 0.3) is 0 Å². The number of benzene rings is 2. The van der Waals surface area contributed by atoms with Crippen molar-refractivity contribution in [1.82, 2.24) is 9.62 Å². The highest BCUT2D eigenvalue weighted by atomic mass is 32.2. The van der Waals surface area contributed by atoms with Crippen LogP contribution in [0.25, 0.3) is 0 Å². The molecule has 0 bridgehead atoms. The monoisotopic (exact) mass is 415 g/mol. The van der Waals surface area contributed by atoms with Gasteiger partial charge in [0, 0.05) is 24.8 Å². The first kappa shape index (κ1) is 21.0. The van der Waals surface area contributed by atoms with Crippen molar-refractivity contribution < 1.29 is 18.0 Å². The molecule has 2 amide bonds. The number of nitrogens with zero attached hydrogens (tertiary/aromatic N) is 1. The highest BCUT2D eigenvalue weighted by Gasteiger charge is 2.35. The van der Waals surface area contributed by atoms with Gasteiger partial charge in [0.15, 0.2) is 0 Å². The average Bonchev–Trinajstić information content (AvgIpc) is 3.15. The van der Waals surface area contributed by atoms with Gasteiger partial charge in [-0.2, -0.15) is 4.31 Å². The van der Waals surface area contributed by atoms with Crippen LogP contribution < -0.4 is 10.6 Å². The molecule has 2 aromatic rings. The highest BCUT2D eigenvalue weighted by Crippen LogP contribution is 2.25.